The van der Waals surface area contributed by atoms with E-state index >= 15 is 0 Å². The molecule has 2 fully saturated rings. The van der Waals surface area contributed by atoms with E-state index in [0.29, 0.717) is 13.2 Å². The second-order valence-electron chi connectivity index (χ2n) is 14.2. The van der Waals surface area contributed by atoms with Crippen LogP contribution in [0.2, 0.25) is 5.04 Å². The molecule has 3 aromatic rings. The number of methoxy groups -OCH3 is 2. The maximum Gasteiger partial charge on any atom is 0.261 e. The smallest absolute Gasteiger partial charge is 0.261 e. The van der Waals surface area contributed by atoms with Gasteiger partial charge in [0.05, 0.1) is 19.8 Å². The van der Waals surface area contributed by atoms with Crippen molar-refractivity contribution in [2.75, 3.05) is 34.2 Å². The predicted octanol–water partition coefficient (Wildman–Crippen LogP) is 7.29. The van der Waals surface area contributed by atoms with Crippen LogP contribution in [0.1, 0.15) is 46.5 Å². The summed E-state index contributed by atoms with van der Waals surface area (Å²) in [5, 5.41) is 2.47. The summed E-state index contributed by atoms with van der Waals surface area (Å²) in [5.41, 5.74) is 2.24. The third-order valence-corrected chi connectivity index (χ3v) is 15.6. The van der Waals surface area contributed by atoms with Gasteiger partial charge in [-0.15, -0.1) is 0 Å². The maximum absolute atomic E-state index is 7.43. The molecule has 6 rings (SSSR count). The van der Waals surface area contributed by atoms with E-state index in [-0.39, 0.29) is 41.5 Å². The molecule has 0 N–H and O–H groups in total. The molecule has 0 spiro atoms. The topological polar surface area (TPSA) is 55.4 Å². The van der Waals surface area contributed by atoms with Crippen LogP contribution in [0.15, 0.2) is 109 Å². The highest BCUT2D eigenvalue weighted by atomic mass is 28.4. The lowest BCUT2D eigenvalue weighted by atomic mass is 9.71. The third kappa shape index (κ3) is 6.36. The summed E-state index contributed by atoms with van der Waals surface area (Å²) < 4.78 is 37.8. The second-order valence-corrected chi connectivity index (χ2v) is 18.5. The number of hydrogen-bond acceptors (Lipinski definition) is 6. The highest BCUT2D eigenvalue weighted by Crippen LogP contribution is 2.59. The van der Waals surface area contributed by atoms with E-state index in [4.69, 9.17) is 28.1 Å². The molecule has 47 heavy (non-hydrogen) atoms. The van der Waals surface area contributed by atoms with Crippen LogP contribution >= 0.6 is 0 Å². The lowest BCUT2D eigenvalue weighted by Gasteiger charge is -2.44. The average Bonchev–Trinajstić information content (AvgIpc) is 3.39. The molecule has 3 aliphatic rings. The van der Waals surface area contributed by atoms with E-state index in [1.807, 2.05) is 24.3 Å². The van der Waals surface area contributed by atoms with Gasteiger partial charge in [-0.1, -0.05) is 99.7 Å². The minimum Gasteiger partial charge on any atom is -0.497 e. The summed E-state index contributed by atoms with van der Waals surface area (Å²) in [7, 11) is 0.729. The second kappa shape index (κ2) is 14.1. The van der Waals surface area contributed by atoms with Crippen LogP contribution in [-0.4, -0.2) is 54.9 Å². The van der Waals surface area contributed by atoms with Gasteiger partial charge < -0.3 is 28.1 Å². The Morgan fingerprint density at radius 1 is 0.894 bits per heavy atom. The van der Waals surface area contributed by atoms with E-state index in [1.165, 1.54) is 21.5 Å². The van der Waals surface area contributed by atoms with Crippen molar-refractivity contribution in [3.05, 3.63) is 109 Å². The highest BCUT2D eigenvalue weighted by Gasteiger charge is 2.59. The lowest BCUT2D eigenvalue weighted by Crippen LogP contribution is -2.66. The molecular weight excluding hydrogens is 605 g/mol. The monoisotopic (exact) mass is 654 g/mol. The van der Waals surface area contributed by atoms with Gasteiger partial charge >= 0.3 is 0 Å². The van der Waals surface area contributed by atoms with Crippen LogP contribution in [0.3, 0.4) is 0 Å². The summed E-state index contributed by atoms with van der Waals surface area (Å²) in [5.74, 6) is 1.92. The van der Waals surface area contributed by atoms with Gasteiger partial charge in [-0.3, -0.25) is 0 Å². The first-order chi connectivity index (χ1) is 22.7. The minimum atomic E-state index is -2.71. The quantitative estimate of drug-likeness (QED) is 0.0836. The fraction of sp³-hybridized carbons (Fsp3) is 0.450. The van der Waals surface area contributed by atoms with Crippen LogP contribution < -0.4 is 19.8 Å². The van der Waals surface area contributed by atoms with Crippen molar-refractivity contribution in [3.8, 4) is 11.5 Å². The summed E-state index contributed by atoms with van der Waals surface area (Å²) in [6.07, 6.45) is 5.71. The molecule has 6 nitrogen and oxygen atoms in total. The van der Waals surface area contributed by atoms with Crippen molar-refractivity contribution in [2.45, 2.75) is 63.9 Å². The van der Waals surface area contributed by atoms with Crippen molar-refractivity contribution in [3.63, 3.8) is 0 Å². The van der Waals surface area contributed by atoms with Crippen molar-refractivity contribution in [1.82, 2.24) is 0 Å². The molecular formula is C40H50O6Si. The number of rotatable bonds is 13. The van der Waals surface area contributed by atoms with Gasteiger partial charge in [-0.05, 0) is 70.9 Å². The molecule has 4 bridgehead atoms. The van der Waals surface area contributed by atoms with Crippen LogP contribution in [0.4, 0.5) is 0 Å². The summed E-state index contributed by atoms with van der Waals surface area (Å²) in [6.45, 7) is 12.9. The molecule has 250 valence electrons. The maximum atomic E-state index is 7.43. The Labute approximate surface area is 281 Å². The molecule has 1 aliphatic heterocycles. The zero-order valence-corrected chi connectivity index (χ0v) is 29.6. The van der Waals surface area contributed by atoms with Crippen LogP contribution in [0.25, 0.3) is 0 Å². The molecule has 1 heterocycles. The van der Waals surface area contributed by atoms with E-state index in [1.54, 1.807) is 14.2 Å². The van der Waals surface area contributed by atoms with Crippen LogP contribution in [0.5, 0.6) is 11.5 Å². The Bertz CT molecular complexity index is 1480. The Kier molecular flexibility index (Phi) is 10.1. The zero-order valence-electron chi connectivity index (χ0n) is 28.6. The lowest BCUT2D eigenvalue weighted by molar-refractivity contribution is -0.176. The number of hydrogen-bond donors (Lipinski definition) is 0. The minimum absolute atomic E-state index is 0.0189. The molecule has 0 radical (unpaired) electrons. The molecule has 2 aliphatic carbocycles. The Morgan fingerprint density at radius 3 is 2.13 bits per heavy atom. The standard InChI is InChI=1S/C40H50O6Si/c1-29-30(27-43-28-44-32-22-20-31(41-5)21-23-32)26-40(36-19-13-18-35(29)37(36)46-38(40)42-6)24-25-45-47(39(2,3)4,33-14-9-7-10-15-33)34-16-11-8-12-17-34/h7-12,14-17,19-23,30,35,37-38H,1,13,18,24-28H2,2-6H3/t30-,35+,37-,38+,40-/m0/s1. The van der Waals surface area contributed by atoms with Crippen molar-refractivity contribution in [1.29, 1.82) is 0 Å². The summed E-state index contributed by atoms with van der Waals surface area (Å²) >= 11 is 0. The Balaban J connectivity index is 1.26. The zero-order chi connectivity index (χ0) is 33.1. The van der Waals surface area contributed by atoms with Crippen LogP contribution in [0, 0.1) is 17.3 Å². The average molecular weight is 655 g/mol. The predicted molar refractivity (Wildman–Crippen MR) is 189 cm³/mol. The van der Waals surface area contributed by atoms with E-state index in [0.717, 1.165) is 37.2 Å². The molecule has 0 aromatic heterocycles. The molecule has 3 aromatic carbocycles. The van der Waals surface area contributed by atoms with Crippen molar-refractivity contribution >= 4 is 18.7 Å². The van der Waals surface area contributed by atoms with Gasteiger partial charge in [0.2, 0.25) is 0 Å². The highest BCUT2D eigenvalue weighted by molar-refractivity contribution is 6.99. The first-order valence-electron chi connectivity index (χ1n) is 16.9. The third-order valence-electron chi connectivity index (χ3n) is 10.6. The fourth-order valence-electron chi connectivity index (χ4n) is 8.36. The molecule has 5 atom stereocenters. The van der Waals surface area contributed by atoms with Gasteiger partial charge in [-0.25, -0.2) is 0 Å². The van der Waals surface area contributed by atoms with E-state index in [2.05, 4.69) is 94.1 Å². The van der Waals surface area contributed by atoms with Crippen molar-refractivity contribution < 1.29 is 28.1 Å². The first kappa shape index (κ1) is 33.7. The number of benzene rings is 3. The van der Waals surface area contributed by atoms with Crippen molar-refractivity contribution in [2.24, 2.45) is 17.3 Å². The van der Waals surface area contributed by atoms with Crippen LogP contribution in [-0.2, 0) is 18.6 Å². The van der Waals surface area contributed by atoms with Gasteiger partial charge in [0.15, 0.2) is 13.1 Å². The first-order valence-corrected chi connectivity index (χ1v) is 18.8. The molecule has 1 saturated heterocycles. The molecule has 0 amide bonds. The number of allylic oxidation sites excluding steroid dienone is 1. The summed E-state index contributed by atoms with van der Waals surface area (Å²) in [6, 6.07) is 29.3. The summed E-state index contributed by atoms with van der Waals surface area (Å²) in [4.78, 5) is 0. The Morgan fingerprint density at radius 2 is 1.53 bits per heavy atom. The molecule has 0 unspecified atom stereocenters. The molecule has 1 saturated carbocycles. The van der Waals surface area contributed by atoms with E-state index < -0.39 is 8.32 Å². The van der Waals surface area contributed by atoms with Gasteiger partial charge in [0, 0.05) is 31.0 Å². The Hall–Kier alpha value is -3.20. The fourth-order valence-corrected chi connectivity index (χ4v) is 12.9. The SMILES string of the molecule is C=C1[C@H](COCOc2ccc(OC)cc2)C[C@@]2(CCO[Si](c3ccccc3)(c3ccccc3)C(C)(C)C)C3=CCC[C@H]1[C@@H]3O[C@H]2OC. The van der Waals surface area contributed by atoms with Gasteiger partial charge in [0.25, 0.3) is 8.32 Å². The largest absolute Gasteiger partial charge is 0.497 e. The van der Waals surface area contributed by atoms with E-state index in [9.17, 15) is 0 Å². The number of ether oxygens (including phenoxy) is 5. The normalized spacial score (nSPS) is 25.6. The molecule has 7 heteroatoms. The van der Waals surface area contributed by atoms with Gasteiger partial charge in [0.1, 0.15) is 11.5 Å². The van der Waals surface area contributed by atoms with Gasteiger partial charge in [-0.2, -0.15) is 0 Å².